The molecule has 0 bridgehead atoms. The molecule has 0 aliphatic heterocycles. The van der Waals surface area contributed by atoms with Crippen molar-refractivity contribution in [2.75, 3.05) is 0 Å². The van der Waals surface area contributed by atoms with Gasteiger partial charge in [-0.05, 0) is 12.1 Å². The smallest absolute Gasteiger partial charge is 0.289 e. The monoisotopic (exact) mass is 366 g/mol. The first-order chi connectivity index (χ1) is 9.80. The van der Waals surface area contributed by atoms with Crippen LogP contribution in [0.3, 0.4) is 0 Å². The van der Waals surface area contributed by atoms with Crippen LogP contribution in [-0.4, -0.2) is 24.5 Å². The quantitative estimate of drug-likeness (QED) is 0.668. The summed E-state index contributed by atoms with van der Waals surface area (Å²) in [6, 6.07) is 8.64. The minimum Gasteiger partial charge on any atom is -0.289 e. The van der Waals surface area contributed by atoms with Gasteiger partial charge >= 0.3 is 0 Å². The fourth-order valence-corrected chi connectivity index (χ4v) is 3.70. The van der Waals surface area contributed by atoms with Gasteiger partial charge in [0.2, 0.25) is 0 Å². The van der Waals surface area contributed by atoms with Crippen LogP contribution in [0.15, 0.2) is 45.8 Å². The number of rotatable bonds is 1. The Hall–Kier alpha value is -1.83. The third-order valence-corrected chi connectivity index (χ3v) is 4.57. The number of benzene rings is 2. The second-order valence-corrected chi connectivity index (χ2v) is 6.81. The first kappa shape index (κ1) is 14.1. The Balaban J connectivity index is 2.44. The molecule has 1 N–H and O–H groups in total. The number of hydrogen-bond donors (Lipinski definition) is 1. The highest BCUT2D eigenvalue weighted by molar-refractivity contribution is 9.10. The summed E-state index contributed by atoms with van der Waals surface area (Å²) in [5.41, 5.74) is 0.0155. The summed E-state index contributed by atoms with van der Waals surface area (Å²) in [7, 11) is -4.63. The van der Waals surface area contributed by atoms with Crippen molar-refractivity contribution in [3.05, 3.63) is 63.1 Å². The lowest BCUT2D eigenvalue weighted by atomic mass is 9.84. The van der Waals surface area contributed by atoms with Crippen LogP contribution in [-0.2, 0) is 10.1 Å². The van der Waals surface area contributed by atoms with Crippen molar-refractivity contribution in [1.82, 2.24) is 0 Å². The number of hydrogen-bond acceptors (Lipinski definition) is 4. The SMILES string of the molecule is O=C1c2ccccc2C(=O)c2c1cc(Br)cc2S(=O)(=O)O. The van der Waals surface area contributed by atoms with Crippen molar-refractivity contribution >= 4 is 37.6 Å². The highest BCUT2D eigenvalue weighted by Crippen LogP contribution is 2.33. The van der Waals surface area contributed by atoms with E-state index in [-0.39, 0.29) is 26.7 Å². The Labute approximate surface area is 128 Å². The number of fused-ring (bicyclic) bond motifs is 2. The summed E-state index contributed by atoms with van der Waals surface area (Å²) in [5.74, 6) is -1.05. The predicted octanol–water partition coefficient (Wildman–Crippen LogP) is 2.47. The number of ketones is 2. The summed E-state index contributed by atoms with van der Waals surface area (Å²) in [6.45, 7) is 0. The molecular formula is C14H7BrO5S. The molecule has 5 nitrogen and oxygen atoms in total. The minimum absolute atomic E-state index is 0.0410. The molecule has 0 heterocycles. The molecule has 0 amide bonds. The van der Waals surface area contributed by atoms with E-state index in [0.29, 0.717) is 0 Å². The Morgan fingerprint density at radius 3 is 2.05 bits per heavy atom. The van der Waals surface area contributed by atoms with Crippen LogP contribution in [0.1, 0.15) is 31.8 Å². The van der Waals surface area contributed by atoms with Gasteiger partial charge in [-0.3, -0.25) is 14.1 Å². The van der Waals surface area contributed by atoms with Crippen molar-refractivity contribution in [1.29, 1.82) is 0 Å². The fourth-order valence-electron chi connectivity index (χ4n) is 2.36. The lowest BCUT2D eigenvalue weighted by Crippen LogP contribution is -2.23. The molecule has 0 fully saturated rings. The van der Waals surface area contributed by atoms with E-state index in [0.717, 1.165) is 6.07 Å². The minimum atomic E-state index is -4.63. The topological polar surface area (TPSA) is 88.5 Å². The summed E-state index contributed by atoms with van der Waals surface area (Å²) in [6.07, 6.45) is 0. The maximum absolute atomic E-state index is 12.5. The molecule has 21 heavy (non-hydrogen) atoms. The van der Waals surface area contributed by atoms with Crippen molar-refractivity contribution in [2.24, 2.45) is 0 Å². The molecule has 1 aliphatic rings. The number of halogens is 1. The highest BCUT2D eigenvalue weighted by Gasteiger charge is 2.34. The zero-order valence-electron chi connectivity index (χ0n) is 10.3. The van der Waals surface area contributed by atoms with Gasteiger partial charge in [0.25, 0.3) is 10.1 Å². The lowest BCUT2D eigenvalue weighted by Gasteiger charge is -2.19. The molecular weight excluding hydrogens is 360 g/mol. The molecule has 2 aromatic rings. The average molecular weight is 367 g/mol. The molecule has 2 aromatic carbocycles. The van der Waals surface area contributed by atoms with Crippen molar-refractivity contribution in [2.45, 2.75) is 4.90 Å². The Kier molecular flexibility index (Phi) is 3.09. The predicted molar refractivity (Wildman–Crippen MR) is 77.3 cm³/mol. The first-order valence-corrected chi connectivity index (χ1v) is 8.03. The summed E-state index contributed by atoms with van der Waals surface area (Å²) < 4.78 is 32.6. The molecule has 0 unspecified atom stereocenters. The van der Waals surface area contributed by atoms with Crippen LogP contribution in [0.25, 0.3) is 0 Å². The van der Waals surface area contributed by atoms with Crippen molar-refractivity contribution in [3.8, 4) is 0 Å². The van der Waals surface area contributed by atoms with Crippen LogP contribution in [0.4, 0.5) is 0 Å². The third kappa shape index (κ3) is 2.14. The summed E-state index contributed by atoms with van der Waals surface area (Å²) >= 11 is 3.08. The largest absolute Gasteiger partial charge is 0.295 e. The van der Waals surface area contributed by atoms with E-state index < -0.39 is 26.6 Å². The van der Waals surface area contributed by atoms with E-state index in [1.165, 1.54) is 18.2 Å². The zero-order chi connectivity index (χ0) is 15.4. The van der Waals surface area contributed by atoms with E-state index in [1.54, 1.807) is 12.1 Å². The maximum atomic E-state index is 12.5. The zero-order valence-corrected chi connectivity index (χ0v) is 12.7. The van der Waals surface area contributed by atoms with E-state index >= 15 is 0 Å². The van der Waals surface area contributed by atoms with E-state index in [2.05, 4.69) is 15.9 Å². The van der Waals surface area contributed by atoms with Gasteiger partial charge in [0.1, 0.15) is 4.90 Å². The fraction of sp³-hybridized carbons (Fsp3) is 0. The molecule has 0 saturated carbocycles. The van der Waals surface area contributed by atoms with Crippen LogP contribution >= 0.6 is 15.9 Å². The Morgan fingerprint density at radius 1 is 0.905 bits per heavy atom. The molecule has 0 spiro atoms. The second-order valence-electron chi connectivity index (χ2n) is 4.51. The van der Waals surface area contributed by atoms with Gasteiger partial charge in [0.05, 0.1) is 5.56 Å². The standard InChI is InChI=1S/C14H7BrO5S/c15-7-5-10-12(11(6-7)21(18,19)20)14(17)9-4-2-1-3-8(9)13(10)16/h1-6H,(H,18,19,20). The molecule has 1 aliphatic carbocycles. The first-order valence-electron chi connectivity index (χ1n) is 5.80. The van der Waals surface area contributed by atoms with Gasteiger partial charge in [-0.25, -0.2) is 0 Å². The van der Waals surface area contributed by atoms with Crippen molar-refractivity contribution < 1.29 is 22.6 Å². The maximum Gasteiger partial charge on any atom is 0.295 e. The van der Waals surface area contributed by atoms with Crippen LogP contribution in [0, 0.1) is 0 Å². The third-order valence-electron chi connectivity index (χ3n) is 3.23. The van der Waals surface area contributed by atoms with Gasteiger partial charge in [0.15, 0.2) is 11.6 Å². The van der Waals surface area contributed by atoms with Crippen LogP contribution in [0.5, 0.6) is 0 Å². The van der Waals surface area contributed by atoms with Crippen LogP contribution < -0.4 is 0 Å². The molecule has 0 aromatic heterocycles. The van der Waals surface area contributed by atoms with Crippen LogP contribution in [0.2, 0.25) is 0 Å². The van der Waals surface area contributed by atoms with Gasteiger partial charge in [0, 0.05) is 21.2 Å². The molecule has 7 heteroatoms. The molecule has 0 atom stereocenters. The average Bonchev–Trinajstić information content (AvgIpc) is 2.43. The summed E-state index contributed by atoms with van der Waals surface area (Å²) in [5, 5.41) is 0. The number of carbonyl (C=O) groups is 2. The van der Waals surface area contributed by atoms with Gasteiger partial charge in [-0.15, -0.1) is 0 Å². The van der Waals surface area contributed by atoms with Gasteiger partial charge in [-0.1, -0.05) is 40.2 Å². The van der Waals surface area contributed by atoms with Crippen molar-refractivity contribution in [3.63, 3.8) is 0 Å². The molecule has 0 saturated heterocycles. The molecule has 3 rings (SSSR count). The molecule has 0 radical (unpaired) electrons. The van der Waals surface area contributed by atoms with E-state index in [1.807, 2.05) is 0 Å². The van der Waals surface area contributed by atoms with Gasteiger partial charge in [-0.2, -0.15) is 8.42 Å². The lowest BCUT2D eigenvalue weighted by molar-refractivity contribution is 0.0976. The second kappa shape index (κ2) is 4.59. The summed E-state index contributed by atoms with van der Waals surface area (Å²) in [4.78, 5) is 24.4. The number of carbonyl (C=O) groups excluding carboxylic acids is 2. The highest BCUT2D eigenvalue weighted by atomic mass is 79.9. The normalized spacial score (nSPS) is 13.8. The van der Waals surface area contributed by atoms with E-state index in [4.69, 9.17) is 0 Å². The molecule has 106 valence electrons. The Bertz CT molecular complexity index is 915. The van der Waals surface area contributed by atoms with Gasteiger partial charge < -0.3 is 0 Å². The Morgan fingerprint density at radius 2 is 1.48 bits per heavy atom. The van der Waals surface area contributed by atoms with E-state index in [9.17, 15) is 22.6 Å².